The van der Waals surface area contributed by atoms with Crippen molar-refractivity contribution in [2.24, 2.45) is 0 Å². The molecule has 0 aromatic heterocycles. The Balaban J connectivity index is 1.98. The Morgan fingerprint density at radius 1 is 1.29 bits per heavy atom. The number of aliphatic hydroxyl groups is 1. The van der Waals surface area contributed by atoms with Crippen molar-refractivity contribution in [1.29, 1.82) is 5.26 Å². The Bertz CT molecular complexity index is 650. The summed E-state index contributed by atoms with van der Waals surface area (Å²) < 4.78 is 5.07. The molecule has 0 bridgehead atoms. The molecule has 4 nitrogen and oxygen atoms in total. The van der Waals surface area contributed by atoms with Gasteiger partial charge in [-0.3, -0.25) is 0 Å². The van der Waals surface area contributed by atoms with Gasteiger partial charge in [0.2, 0.25) is 0 Å². The number of hydrogen-bond donors (Lipinski definition) is 2. The zero-order chi connectivity index (χ0) is 15.2. The first-order chi connectivity index (χ1) is 10.1. The number of aliphatic hydroxyl groups excluding tert-OH is 1. The lowest BCUT2D eigenvalue weighted by molar-refractivity contribution is 0.191. The molecule has 0 heterocycles. The van der Waals surface area contributed by atoms with Crippen LogP contribution in [0.5, 0.6) is 5.75 Å². The molecule has 0 saturated heterocycles. The van der Waals surface area contributed by atoms with Gasteiger partial charge in [0.15, 0.2) is 0 Å². The average Bonchev–Trinajstić information content (AvgIpc) is 2.52. The first kappa shape index (κ1) is 15.2. The van der Waals surface area contributed by atoms with Crippen molar-refractivity contribution in [3.05, 3.63) is 58.6 Å². The molecule has 21 heavy (non-hydrogen) atoms. The molecule has 108 valence electrons. The number of anilines is 1. The van der Waals surface area contributed by atoms with Gasteiger partial charge in [0, 0.05) is 12.2 Å². The summed E-state index contributed by atoms with van der Waals surface area (Å²) in [5.41, 5.74) is 1.98. The van der Waals surface area contributed by atoms with Crippen LogP contribution in [0, 0.1) is 11.3 Å². The molecular formula is C16H15ClN2O2. The van der Waals surface area contributed by atoms with Gasteiger partial charge in [-0.1, -0.05) is 23.7 Å². The highest BCUT2D eigenvalue weighted by Crippen LogP contribution is 2.22. The maximum Gasteiger partial charge on any atom is 0.118 e. The Morgan fingerprint density at radius 3 is 2.57 bits per heavy atom. The molecule has 0 saturated carbocycles. The van der Waals surface area contributed by atoms with E-state index in [1.807, 2.05) is 18.2 Å². The third-order valence-electron chi connectivity index (χ3n) is 3.09. The van der Waals surface area contributed by atoms with Crippen LogP contribution in [-0.2, 0) is 0 Å². The Labute approximate surface area is 128 Å². The highest BCUT2D eigenvalue weighted by molar-refractivity contribution is 6.32. The van der Waals surface area contributed by atoms with Gasteiger partial charge >= 0.3 is 0 Å². The second kappa shape index (κ2) is 6.98. The Morgan fingerprint density at radius 2 is 2.00 bits per heavy atom. The second-order valence-electron chi connectivity index (χ2n) is 4.48. The number of nitrogens with zero attached hydrogens (tertiary/aromatic N) is 1. The molecule has 2 N–H and O–H groups in total. The third kappa shape index (κ3) is 3.88. The van der Waals surface area contributed by atoms with Gasteiger partial charge in [-0.15, -0.1) is 0 Å². The third-order valence-corrected chi connectivity index (χ3v) is 3.40. The van der Waals surface area contributed by atoms with Gasteiger partial charge in [-0.25, -0.2) is 0 Å². The molecule has 2 aromatic rings. The summed E-state index contributed by atoms with van der Waals surface area (Å²) in [4.78, 5) is 0. The summed E-state index contributed by atoms with van der Waals surface area (Å²) >= 11 is 5.96. The van der Waals surface area contributed by atoms with Crippen molar-refractivity contribution < 1.29 is 9.84 Å². The molecule has 0 fully saturated rings. The topological polar surface area (TPSA) is 65.3 Å². The van der Waals surface area contributed by atoms with Crippen molar-refractivity contribution in [3.8, 4) is 11.8 Å². The number of methoxy groups -OCH3 is 1. The van der Waals surface area contributed by atoms with Crippen LogP contribution < -0.4 is 10.1 Å². The van der Waals surface area contributed by atoms with Crippen molar-refractivity contribution in [3.63, 3.8) is 0 Å². The maximum absolute atomic E-state index is 10.1. The summed E-state index contributed by atoms with van der Waals surface area (Å²) in [5, 5.41) is 22.4. The molecule has 5 heteroatoms. The fourth-order valence-electron chi connectivity index (χ4n) is 1.87. The minimum Gasteiger partial charge on any atom is -0.497 e. The van der Waals surface area contributed by atoms with Gasteiger partial charge in [-0.2, -0.15) is 5.26 Å². The molecule has 1 unspecified atom stereocenters. The molecule has 0 aliphatic carbocycles. The highest BCUT2D eigenvalue weighted by atomic mass is 35.5. The van der Waals surface area contributed by atoms with Gasteiger partial charge in [0.1, 0.15) is 11.8 Å². The standard InChI is InChI=1S/C16H15ClN2O2/c1-21-14-6-3-11(4-7-14)16(20)10-19-13-5-2-12(9-18)15(17)8-13/h2-8,16,19-20H,10H2,1H3. The molecule has 0 amide bonds. The fraction of sp³-hybridized carbons (Fsp3) is 0.188. The smallest absolute Gasteiger partial charge is 0.118 e. The zero-order valence-corrected chi connectivity index (χ0v) is 12.3. The molecule has 0 spiro atoms. The largest absolute Gasteiger partial charge is 0.497 e. The van der Waals surface area contributed by atoms with Crippen LogP contribution in [0.1, 0.15) is 17.2 Å². The predicted octanol–water partition coefficient (Wildman–Crippen LogP) is 3.37. The highest BCUT2D eigenvalue weighted by Gasteiger charge is 2.08. The molecule has 2 rings (SSSR count). The molecule has 0 aliphatic heterocycles. The summed E-state index contributed by atoms with van der Waals surface area (Å²) in [7, 11) is 1.60. The van der Waals surface area contributed by atoms with Crippen molar-refractivity contribution in [1.82, 2.24) is 0 Å². The molecule has 2 aromatic carbocycles. The van der Waals surface area contributed by atoms with Crippen LogP contribution in [0.3, 0.4) is 0 Å². The van der Waals surface area contributed by atoms with Crippen LogP contribution >= 0.6 is 11.6 Å². The summed E-state index contributed by atoms with van der Waals surface area (Å²) in [6, 6.07) is 14.3. The predicted molar refractivity (Wildman–Crippen MR) is 82.6 cm³/mol. The lowest BCUT2D eigenvalue weighted by atomic mass is 10.1. The summed E-state index contributed by atoms with van der Waals surface area (Å²) in [6.07, 6.45) is -0.648. The molecule has 1 atom stereocenters. The van der Waals surface area contributed by atoms with Crippen molar-refractivity contribution in [2.45, 2.75) is 6.10 Å². The molecule has 0 radical (unpaired) electrons. The van der Waals surface area contributed by atoms with E-state index in [0.29, 0.717) is 17.1 Å². The van der Waals surface area contributed by atoms with Crippen LogP contribution in [0.25, 0.3) is 0 Å². The lowest BCUT2D eigenvalue weighted by Gasteiger charge is -2.14. The first-order valence-electron chi connectivity index (χ1n) is 6.39. The van der Waals surface area contributed by atoms with E-state index in [1.54, 1.807) is 37.4 Å². The zero-order valence-electron chi connectivity index (χ0n) is 11.5. The van der Waals surface area contributed by atoms with E-state index in [-0.39, 0.29) is 0 Å². The van der Waals surface area contributed by atoms with Crippen molar-refractivity contribution >= 4 is 17.3 Å². The van der Waals surface area contributed by atoms with Crippen LogP contribution in [0.15, 0.2) is 42.5 Å². The molecular weight excluding hydrogens is 288 g/mol. The SMILES string of the molecule is COc1ccc(C(O)CNc2ccc(C#N)c(Cl)c2)cc1. The van der Waals surface area contributed by atoms with E-state index >= 15 is 0 Å². The molecule has 0 aliphatic rings. The lowest BCUT2D eigenvalue weighted by Crippen LogP contribution is -2.12. The number of benzene rings is 2. The Hall–Kier alpha value is -2.22. The number of hydrogen-bond acceptors (Lipinski definition) is 4. The quantitative estimate of drug-likeness (QED) is 0.889. The number of ether oxygens (including phenoxy) is 1. The van der Waals surface area contributed by atoms with Gasteiger partial charge < -0.3 is 15.2 Å². The van der Waals surface area contributed by atoms with Gasteiger partial charge in [0.25, 0.3) is 0 Å². The van der Waals surface area contributed by atoms with Crippen molar-refractivity contribution in [2.75, 3.05) is 19.0 Å². The normalized spacial score (nSPS) is 11.5. The fourth-order valence-corrected chi connectivity index (χ4v) is 2.10. The average molecular weight is 303 g/mol. The van der Waals surface area contributed by atoms with Crippen LogP contribution in [0.2, 0.25) is 5.02 Å². The number of nitriles is 1. The van der Waals surface area contributed by atoms with E-state index in [1.165, 1.54) is 0 Å². The second-order valence-corrected chi connectivity index (χ2v) is 4.88. The van der Waals surface area contributed by atoms with E-state index in [9.17, 15) is 5.11 Å². The monoisotopic (exact) mass is 302 g/mol. The number of nitrogens with one attached hydrogen (secondary N) is 1. The van der Waals surface area contributed by atoms with E-state index in [2.05, 4.69) is 5.32 Å². The van der Waals surface area contributed by atoms with Gasteiger partial charge in [-0.05, 0) is 35.9 Å². The van der Waals surface area contributed by atoms with Crippen LogP contribution in [0.4, 0.5) is 5.69 Å². The van der Waals surface area contributed by atoms with E-state index in [4.69, 9.17) is 21.6 Å². The van der Waals surface area contributed by atoms with Crippen LogP contribution in [-0.4, -0.2) is 18.8 Å². The van der Waals surface area contributed by atoms with Gasteiger partial charge in [0.05, 0.1) is 23.8 Å². The summed E-state index contributed by atoms with van der Waals surface area (Å²) in [6.45, 7) is 0.342. The Kier molecular flexibility index (Phi) is 5.04. The first-order valence-corrected chi connectivity index (χ1v) is 6.77. The maximum atomic E-state index is 10.1. The number of halogens is 1. The minimum absolute atomic E-state index is 0.342. The summed E-state index contributed by atoms with van der Waals surface area (Å²) in [5.74, 6) is 0.748. The van der Waals surface area contributed by atoms with E-state index in [0.717, 1.165) is 17.0 Å². The van der Waals surface area contributed by atoms with E-state index < -0.39 is 6.10 Å². The minimum atomic E-state index is -0.648. The number of rotatable bonds is 5.